The zero-order valence-electron chi connectivity index (χ0n) is 5.36. The average Bonchev–Trinajstić information content (AvgIpc) is 1.84. The molecule has 0 aromatic rings. The van der Waals surface area contributed by atoms with Crippen LogP contribution in [0.25, 0.3) is 0 Å². The number of aliphatic hydroxyl groups excluding tert-OH is 3. The SMILES string of the molecule is C[C@@H](O)[C@@H](O)[C@@H](O)C(=O)F. The van der Waals surface area contributed by atoms with Gasteiger partial charge in [-0.05, 0) is 6.92 Å². The van der Waals surface area contributed by atoms with Crippen molar-refractivity contribution >= 4 is 6.04 Å². The Kier molecular flexibility index (Phi) is 3.41. The minimum atomic E-state index is -2.14. The van der Waals surface area contributed by atoms with Crippen LogP contribution in [-0.2, 0) is 4.79 Å². The summed E-state index contributed by atoms with van der Waals surface area (Å²) in [5.41, 5.74) is 0. The predicted octanol–water partition coefficient (Wildman–Crippen LogP) is -1.41. The van der Waals surface area contributed by atoms with Crippen LogP contribution in [0.15, 0.2) is 0 Å². The first kappa shape index (κ1) is 9.48. The molecule has 10 heavy (non-hydrogen) atoms. The molecule has 0 fully saturated rings. The zero-order chi connectivity index (χ0) is 8.31. The van der Waals surface area contributed by atoms with Crippen LogP contribution in [-0.4, -0.2) is 39.7 Å². The standard InChI is InChI=1S/C5H9FO4/c1-2(7)3(8)4(9)5(6)10/h2-4,7-9H,1H3/t2-,3-,4-/m1/s1. The first-order chi connectivity index (χ1) is 4.46. The summed E-state index contributed by atoms with van der Waals surface area (Å²) in [4.78, 5) is 9.70. The molecule has 0 radical (unpaired) electrons. The van der Waals surface area contributed by atoms with Crippen LogP contribution in [0, 0.1) is 0 Å². The predicted molar refractivity (Wildman–Crippen MR) is 29.8 cm³/mol. The number of aliphatic hydroxyl groups is 3. The fraction of sp³-hybridized carbons (Fsp3) is 0.800. The summed E-state index contributed by atoms with van der Waals surface area (Å²) < 4.78 is 11.5. The Morgan fingerprint density at radius 1 is 1.40 bits per heavy atom. The Labute approximate surface area is 56.9 Å². The number of hydrogen-bond acceptors (Lipinski definition) is 4. The van der Waals surface area contributed by atoms with Crippen molar-refractivity contribution < 1.29 is 24.5 Å². The lowest BCUT2D eigenvalue weighted by Gasteiger charge is -2.15. The molecule has 60 valence electrons. The van der Waals surface area contributed by atoms with E-state index in [0.29, 0.717) is 0 Å². The van der Waals surface area contributed by atoms with Crippen LogP contribution >= 0.6 is 0 Å². The molecule has 0 aliphatic heterocycles. The minimum absolute atomic E-state index is 1.14. The van der Waals surface area contributed by atoms with Gasteiger partial charge in [0.1, 0.15) is 6.10 Å². The lowest BCUT2D eigenvalue weighted by atomic mass is 10.1. The molecule has 0 bridgehead atoms. The van der Waals surface area contributed by atoms with Crippen molar-refractivity contribution in [3.63, 3.8) is 0 Å². The van der Waals surface area contributed by atoms with Gasteiger partial charge in [-0.15, -0.1) is 0 Å². The third-order valence-electron chi connectivity index (χ3n) is 1.05. The lowest BCUT2D eigenvalue weighted by Crippen LogP contribution is -2.39. The van der Waals surface area contributed by atoms with E-state index >= 15 is 0 Å². The second-order valence-corrected chi connectivity index (χ2v) is 1.98. The van der Waals surface area contributed by atoms with Crippen LogP contribution in [0.5, 0.6) is 0 Å². The highest BCUT2D eigenvalue weighted by Crippen LogP contribution is 2.00. The highest BCUT2D eigenvalue weighted by atomic mass is 19.1. The van der Waals surface area contributed by atoms with Gasteiger partial charge in [0.15, 0.2) is 6.10 Å². The van der Waals surface area contributed by atoms with Crippen molar-refractivity contribution in [2.75, 3.05) is 0 Å². The maximum Gasteiger partial charge on any atom is 0.332 e. The van der Waals surface area contributed by atoms with E-state index in [1.807, 2.05) is 0 Å². The molecule has 5 heteroatoms. The fourth-order valence-corrected chi connectivity index (χ4v) is 0.398. The summed E-state index contributed by atoms with van der Waals surface area (Å²) >= 11 is 0. The van der Waals surface area contributed by atoms with Gasteiger partial charge >= 0.3 is 6.04 Å². The Morgan fingerprint density at radius 3 is 1.90 bits per heavy atom. The zero-order valence-corrected chi connectivity index (χ0v) is 5.36. The van der Waals surface area contributed by atoms with Crippen LogP contribution in [0.2, 0.25) is 0 Å². The average molecular weight is 152 g/mol. The molecular weight excluding hydrogens is 143 g/mol. The first-order valence-electron chi connectivity index (χ1n) is 2.70. The third-order valence-corrected chi connectivity index (χ3v) is 1.05. The summed E-state index contributed by atoms with van der Waals surface area (Å²) in [6, 6.07) is -2.05. The molecule has 0 heterocycles. The van der Waals surface area contributed by atoms with Crippen molar-refractivity contribution in [1.29, 1.82) is 0 Å². The molecule has 0 saturated carbocycles. The van der Waals surface area contributed by atoms with E-state index in [-0.39, 0.29) is 0 Å². The van der Waals surface area contributed by atoms with E-state index in [0.717, 1.165) is 6.92 Å². The summed E-state index contributed by atoms with van der Waals surface area (Å²) in [5, 5.41) is 25.5. The molecule has 0 amide bonds. The molecule has 0 saturated heterocycles. The molecule has 0 aliphatic rings. The van der Waals surface area contributed by atoms with Gasteiger partial charge in [-0.3, -0.25) is 4.79 Å². The van der Waals surface area contributed by atoms with Crippen molar-refractivity contribution in [2.45, 2.75) is 25.2 Å². The number of hydrogen-bond donors (Lipinski definition) is 3. The van der Waals surface area contributed by atoms with E-state index in [2.05, 4.69) is 0 Å². The Bertz CT molecular complexity index is 125. The smallest absolute Gasteiger partial charge is 0.332 e. The summed E-state index contributed by atoms with van der Waals surface area (Å²) in [6.45, 7) is 1.14. The lowest BCUT2D eigenvalue weighted by molar-refractivity contribution is -0.148. The van der Waals surface area contributed by atoms with Gasteiger partial charge in [0.25, 0.3) is 0 Å². The maximum absolute atomic E-state index is 11.5. The minimum Gasteiger partial charge on any atom is -0.391 e. The summed E-state index contributed by atoms with van der Waals surface area (Å²) in [7, 11) is 0. The maximum atomic E-state index is 11.5. The van der Waals surface area contributed by atoms with Gasteiger partial charge in [-0.2, -0.15) is 4.39 Å². The fourth-order valence-electron chi connectivity index (χ4n) is 0.398. The van der Waals surface area contributed by atoms with Gasteiger partial charge in [-0.1, -0.05) is 0 Å². The third kappa shape index (κ3) is 2.38. The van der Waals surface area contributed by atoms with E-state index in [4.69, 9.17) is 15.3 Å². The highest BCUT2D eigenvalue weighted by Gasteiger charge is 2.27. The number of rotatable bonds is 3. The van der Waals surface area contributed by atoms with Gasteiger partial charge in [-0.25, -0.2) is 0 Å². The molecule has 0 unspecified atom stereocenters. The number of carbonyl (C=O) groups is 1. The van der Waals surface area contributed by atoms with E-state index in [1.165, 1.54) is 0 Å². The van der Waals surface area contributed by atoms with E-state index in [1.54, 1.807) is 0 Å². The van der Waals surface area contributed by atoms with Crippen LogP contribution in [0.3, 0.4) is 0 Å². The van der Waals surface area contributed by atoms with Gasteiger partial charge in [0, 0.05) is 0 Å². The van der Waals surface area contributed by atoms with Gasteiger partial charge in [0.2, 0.25) is 0 Å². The normalized spacial score (nSPS) is 19.7. The van der Waals surface area contributed by atoms with Crippen molar-refractivity contribution in [3.05, 3.63) is 0 Å². The molecule has 0 spiro atoms. The molecule has 0 aromatic carbocycles. The Balaban J connectivity index is 3.94. The van der Waals surface area contributed by atoms with Gasteiger partial charge < -0.3 is 15.3 Å². The van der Waals surface area contributed by atoms with Crippen molar-refractivity contribution in [2.24, 2.45) is 0 Å². The first-order valence-corrected chi connectivity index (χ1v) is 2.70. The number of carbonyl (C=O) groups excluding carboxylic acids is 1. The molecule has 0 aliphatic carbocycles. The summed E-state index contributed by atoms with van der Waals surface area (Å²) in [6.07, 6.45) is -5.22. The van der Waals surface area contributed by atoms with Gasteiger partial charge in [0.05, 0.1) is 6.10 Å². The molecule has 0 rings (SSSR count). The van der Waals surface area contributed by atoms with Crippen LogP contribution < -0.4 is 0 Å². The van der Waals surface area contributed by atoms with Crippen molar-refractivity contribution in [3.8, 4) is 0 Å². The molecule has 3 atom stereocenters. The monoisotopic (exact) mass is 152 g/mol. The second-order valence-electron chi connectivity index (χ2n) is 1.98. The van der Waals surface area contributed by atoms with E-state index < -0.39 is 24.3 Å². The number of halogens is 1. The van der Waals surface area contributed by atoms with Crippen LogP contribution in [0.4, 0.5) is 4.39 Å². The van der Waals surface area contributed by atoms with Crippen LogP contribution in [0.1, 0.15) is 6.92 Å². The topological polar surface area (TPSA) is 77.8 Å². The molecule has 3 N–H and O–H groups in total. The molecular formula is C5H9FO4. The largest absolute Gasteiger partial charge is 0.391 e. The van der Waals surface area contributed by atoms with Crippen molar-refractivity contribution in [1.82, 2.24) is 0 Å². The molecule has 0 aromatic heterocycles. The second kappa shape index (κ2) is 3.60. The van der Waals surface area contributed by atoms with E-state index in [9.17, 15) is 9.18 Å². The highest BCUT2D eigenvalue weighted by molar-refractivity contribution is 5.73. The molecule has 4 nitrogen and oxygen atoms in total. The summed E-state index contributed by atoms with van der Waals surface area (Å²) in [5.74, 6) is 0. The quantitative estimate of drug-likeness (QED) is 0.434. The Hall–Kier alpha value is -0.520. The Morgan fingerprint density at radius 2 is 1.80 bits per heavy atom.